The van der Waals surface area contributed by atoms with E-state index in [1.807, 2.05) is 35.1 Å². The highest BCUT2D eigenvalue weighted by molar-refractivity contribution is 6.18. The van der Waals surface area contributed by atoms with E-state index in [0.29, 0.717) is 31.0 Å². The number of carbonyl (C=O) groups excluding carboxylic acids is 1. The van der Waals surface area contributed by atoms with E-state index in [2.05, 4.69) is 33.0 Å². The van der Waals surface area contributed by atoms with Crippen molar-refractivity contribution in [1.82, 2.24) is 29.5 Å². The van der Waals surface area contributed by atoms with E-state index in [1.165, 1.54) is 17.3 Å². The minimum absolute atomic E-state index is 0.125. The molecule has 0 unspecified atom stereocenters. The summed E-state index contributed by atoms with van der Waals surface area (Å²) in [4.78, 5) is 26.1. The van der Waals surface area contributed by atoms with E-state index < -0.39 is 0 Å². The van der Waals surface area contributed by atoms with Gasteiger partial charge in [0.25, 0.3) is 5.91 Å². The lowest BCUT2D eigenvalue weighted by Gasteiger charge is -2.27. The second-order valence-corrected chi connectivity index (χ2v) is 7.72. The van der Waals surface area contributed by atoms with Crippen molar-refractivity contribution in [3.63, 3.8) is 0 Å². The largest absolute Gasteiger partial charge is 0.404 e. The predicted molar refractivity (Wildman–Crippen MR) is 125 cm³/mol. The van der Waals surface area contributed by atoms with Crippen molar-refractivity contribution in [2.24, 2.45) is 5.73 Å². The number of ether oxygens (including phenoxy) is 1. The number of methoxy groups -OCH3 is 1. The molecular formula is C24H27N7O2. The maximum absolute atomic E-state index is 12.8. The van der Waals surface area contributed by atoms with Gasteiger partial charge in [-0.25, -0.2) is 9.50 Å². The third kappa shape index (κ3) is 4.93. The molecule has 170 valence electrons. The van der Waals surface area contributed by atoms with Gasteiger partial charge in [0.05, 0.1) is 47.7 Å². The number of fused-ring (bicyclic) bond motifs is 2. The molecule has 0 aromatic carbocycles. The summed E-state index contributed by atoms with van der Waals surface area (Å²) >= 11 is 0. The number of aryl methyl sites for hydroxylation is 1. The van der Waals surface area contributed by atoms with Crippen molar-refractivity contribution in [3.8, 4) is 0 Å². The molecule has 3 N–H and O–H groups in total. The number of nitrogens with zero attached hydrogens (tertiary/aromatic N) is 5. The van der Waals surface area contributed by atoms with Crippen LogP contribution in [0.5, 0.6) is 0 Å². The van der Waals surface area contributed by atoms with Crippen molar-refractivity contribution in [2.75, 3.05) is 13.7 Å². The molecular weight excluding hydrogens is 418 g/mol. The molecule has 0 fully saturated rings. The molecule has 33 heavy (non-hydrogen) atoms. The van der Waals surface area contributed by atoms with Gasteiger partial charge in [0.15, 0.2) is 0 Å². The number of H-pyrrole nitrogens is 1. The minimum Gasteiger partial charge on any atom is -0.404 e. The summed E-state index contributed by atoms with van der Waals surface area (Å²) in [6.07, 6.45) is 9.17. The highest BCUT2D eigenvalue weighted by Gasteiger charge is 2.25. The molecule has 5 rings (SSSR count). The average Bonchev–Trinajstić information content (AvgIpc) is 3.51. The van der Waals surface area contributed by atoms with Crippen molar-refractivity contribution < 1.29 is 9.53 Å². The van der Waals surface area contributed by atoms with E-state index >= 15 is 0 Å². The molecule has 0 bridgehead atoms. The zero-order chi connectivity index (χ0) is 23.2. The summed E-state index contributed by atoms with van der Waals surface area (Å²) in [6.45, 7) is 3.69. The average molecular weight is 446 g/mol. The third-order valence-electron chi connectivity index (χ3n) is 5.52. The van der Waals surface area contributed by atoms with Crippen LogP contribution in [0.25, 0.3) is 11.1 Å². The first kappa shape index (κ1) is 22.2. The number of aromatic nitrogens is 5. The first-order valence-electron chi connectivity index (χ1n) is 10.7. The van der Waals surface area contributed by atoms with Gasteiger partial charge < -0.3 is 20.4 Å². The van der Waals surface area contributed by atoms with Gasteiger partial charge in [-0.15, -0.1) is 0 Å². The van der Waals surface area contributed by atoms with Crippen LogP contribution in [0, 0.1) is 6.92 Å². The number of nitrogens with one attached hydrogen (secondary N) is 1. The Balaban J connectivity index is 0.000000214. The number of aromatic amines is 1. The fourth-order valence-electron chi connectivity index (χ4n) is 3.76. The van der Waals surface area contributed by atoms with Gasteiger partial charge in [0, 0.05) is 44.9 Å². The lowest BCUT2D eigenvalue weighted by atomic mass is 10.1. The Kier molecular flexibility index (Phi) is 6.80. The Bertz CT molecular complexity index is 1260. The van der Waals surface area contributed by atoms with Crippen LogP contribution in [0.3, 0.4) is 0 Å². The van der Waals surface area contributed by atoms with E-state index in [-0.39, 0.29) is 5.91 Å². The van der Waals surface area contributed by atoms with Gasteiger partial charge in [-0.1, -0.05) is 12.1 Å². The number of amides is 1. The summed E-state index contributed by atoms with van der Waals surface area (Å²) in [5.74, 6) is -0.125. The SMILES string of the molecule is COCc1ccc(/C(=C\N)C(=O)N2CCc3nc[nH]c3C2)nc1.Cc1cccn2nccc12. The molecule has 5 heterocycles. The Morgan fingerprint density at radius 1 is 1.27 bits per heavy atom. The summed E-state index contributed by atoms with van der Waals surface area (Å²) < 4.78 is 6.93. The molecule has 0 saturated heterocycles. The lowest BCUT2D eigenvalue weighted by molar-refractivity contribution is -0.126. The van der Waals surface area contributed by atoms with Crippen LogP contribution in [-0.2, 0) is 29.1 Å². The Morgan fingerprint density at radius 3 is 2.88 bits per heavy atom. The monoisotopic (exact) mass is 445 g/mol. The predicted octanol–water partition coefficient (Wildman–Crippen LogP) is 2.48. The molecule has 4 aromatic heterocycles. The first-order valence-corrected chi connectivity index (χ1v) is 10.7. The number of hydrogen-bond donors (Lipinski definition) is 2. The molecule has 0 radical (unpaired) electrons. The molecule has 0 aliphatic carbocycles. The van der Waals surface area contributed by atoms with Gasteiger partial charge >= 0.3 is 0 Å². The molecule has 1 amide bonds. The topological polar surface area (TPSA) is 114 Å². The van der Waals surface area contributed by atoms with Gasteiger partial charge in [0.1, 0.15) is 0 Å². The lowest BCUT2D eigenvalue weighted by Crippen LogP contribution is -2.36. The van der Waals surface area contributed by atoms with Gasteiger partial charge in [-0.3, -0.25) is 9.78 Å². The Hall–Kier alpha value is -3.98. The van der Waals surface area contributed by atoms with E-state index in [1.54, 1.807) is 30.6 Å². The van der Waals surface area contributed by atoms with Crippen molar-refractivity contribution in [3.05, 3.63) is 89.7 Å². The molecule has 9 heteroatoms. The summed E-state index contributed by atoms with van der Waals surface area (Å²) in [6, 6.07) is 9.75. The zero-order valence-electron chi connectivity index (χ0n) is 18.7. The molecule has 0 saturated carbocycles. The number of hydrogen-bond acceptors (Lipinski definition) is 6. The fourth-order valence-corrected chi connectivity index (χ4v) is 3.76. The van der Waals surface area contributed by atoms with Gasteiger partial charge in [0.2, 0.25) is 0 Å². The van der Waals surface area contributed by atoms with Crippen molar-refractivity contribution in [1.29, 1.82) is 0 Å². The van der Waals surface area contributed by atoms with Crippen LogP contribution in [-0.4, -0.2) is 49.0 Å². The molecule has 1 aliphatic rings. The maximum atomic E-state index is 12.8. The zero-order valence-corrected chi connectivity index (χ0v) is 18.7. The number of rotatable bonds is 4. The van der Waals surface area contributed by atoms with Crippen LogP contribution in [0.4, 0.5) is 0 Å². The molecule has 4 aromatic rings. The van der Waals surface area contributed by atoms with Gasteiger partial charge in [-0.05, 0) is 36.2 Å². The van der Waals surface area contributed by atoms with Crippen LogP contribution in [0.2, 0.25) is 0 Å². The maximum Gasteiger partial charge on any atom is 0.257 e. The Morgan fingerprint density at radius 2 is 2.15 bits per heavy atom. The highest BCUT2D eigenvalue weighted by Crippen LogP contribution is 2.21. The summed E-state index contributed by atoms with van der Waals surface area (Å²) in [7, 11) is 1.63. The molecule has 0 atom stereocenters. The van der Waals surface area contributed by atoms with Crippen molar-refractivity contribution in [2.45, 2.75) is 26.5 Å². The summed E-state index contributed by atoms with van der Waals surface area (Å²) in [5, 5.41) is 4.10. The highest BCUT2D eigenvalue weighted by atomic mass is 16.5. The standard InChI is InChI=1S/C16H19N5O2.C8H8N2/c1-23-9-11-2-3-13(18-7-11)12(6-17)16(22)21-5-4-14-15(8-21)20-10-19-14;1-7-3-2-6-10-8(7)4-5-9-10/h2-3,6-7,10H,4-5,8-9,17H2,1H3,(H,19,20);2-6H,1H3/b12-6+;. The number of pyridine rings is 2. The van der Waals surface area contributed by atoms with E-state index in [9.17, 15) is 4.79 Å². The second-order valence-electron chi connectivity index (χ2n) is 7.72. The number of carbonyl (C=O) groups is 1. The fraction of sp³-hybridized carbons (Fsp3) is 0.250. The Labute approximate surface area is 191 Å². The summed E-state index contributed by atoms with van der Waals surface area (Å²) in [5.41, 5.74) is 12.0. The molecule has 0 spiro atoms. The first-order chi connectivity index (χ1) is 16.1. The van der Waals surface area contributed by atoms with Crippen LogP contribution in [0.1, 0.15) is 28.2 Å². The molecule has 9 nitrogen and oxygen atoms in total. The number of imidazole rings is 1. The third-order valence-corrected chi connectivity index (χ3v) is 5.52. The van der Waals surface area contributed by atoms with E-state index in [0.717, 1.165) is 23.4 Å². The molecule has 1 aliphatic heterocycles. The van der Waals surface area contributed by atoms with Crippen LogP contribution < -0.4 is 5.73 Å². The van der Waals surface area contributed by atoms with E-state index in [4.69, 9.17) is 10.5 Å². The smallest absolute Gasteiger partial charge is 0.257 e. The second kappa shape index (κ2) is 10.1. The van der Waals surface area contributed by atoms with Crippen molar-refractivity contribution >= 4 is 17.0 Å². The number of nitrogens with two attached hydrogens (primary N) is 1. The van der Waals surface area contributed by atoms with Crippen LogP contribution in [0.15, 0.2) is 61.4 Å². The van der Waals surface area contributed by atoms with Gasteiger partial charge in [-0.2, -0.15) is 5.10 Å². The quantitative estimate of drug-likeness (QED) is 0.467. The van der Waals surface area contributed by atoms with Crippen LogP contribution >= 0.6 is 0 Å². The normalized spacial score (nSPS) is 13.4. The minimum atomic E-state index is -0.125.